The molecule has 1 aromatic carbocycles. The number of piperidine rings is 1. The third-order valence-electron chi connectivity index (χ3n) is 5.81. The van der Waals surface area contributed by atoms with E-state index in [1.807, 2.05) is 18.2 Å². The van der Waals surface area contributed by atoms with Gasteiger partial charge < -0.3 is 9.88 Å². The number of nitrogens with one attached hydrogen (secondary N) is 2. The van der Waals surface area contributed by atoms with Crippen LogP contribution in [0.3, 0.4) is 0 Å². The Bertz CT molecular complexity index is 1300. The van der Waals surface area contributed by atoms with Gasteiger partial charge in [-0.15, -0.1) is 0 Å². The molecule has 0 atom stereocenters. The first-order valence-corrected chi connectivity index (χ1v) is 12.6. The second kappa shape index (κ2) is 8.29. The van der Waals surface area contributed by atoms with Crippen molar-refractivity contribution < 1.29 is 8.42 Å². The Morgan fingerprint density at radius 1 is 1.16 bits per heavy atom. The molecule has 1 fully saturated rings. The largest absolute Gasteiger partial charge is 0.355 e. The van der Waals surface area contributed by atoms with Crippen molar-refractivity contribution in [1.82, 2.24) is 19.7 Å². The van der Waals surface area contributed by atoms with Crippen LogP contribution in [0.25, 0.3) is 22.2 Å². The maximum Gasteiger partial charge on any atom is 0.255 e. The van der Waals surface area contributed by atoms with Crippen LogP contribution in [0.4, 0.5) is 5.82 Å². The number of pyridine rings is 1. The average Bonchev–Trinajstić information content (AvgIpc) is 2.72. The molecule has 3 heterocycles. The lowest BCUT2D eigenvalue weighted by Gasteiger charge is -2.32. The second-order valence-electron chi connectivity index (χ2n) is 9.43. The number of aromatic amines is 1. The lowest BCUT2D eigenvalue weighted by Crippen LogP contribution is -2.44. The Kier molecular flexibility index (Phi) is 5.81. The minimum absolute atomic E-state index is 0.0569. The molecule has 32 heavy (non-hydrogen) atoms. The van der Waals surface area contributed by atoms with E-state index in [0.717, 1.165) is 22.5 Å². The van der Waals surface area contributed by atoms with Crippen molar-refractivity contribution in [3.8, 4) is 11.1 Å². The number of sulfonamides is 1. The molecule has 0 saturated carbocycles. The average molecular weight is 456 g/mol. The summed E-state index contributed by atoms with van der Waals surface area (Å²) in [5, 5.41) is 0. The van der Waals surface area contributed by atoms with Gasteiger partial charge in [-0.2, -0.15) is 0 Å². The SMILES string of the molecule is CC(C)(C)c1cc(-c2ccc[nH]c2=O)c2ncc(N3CCC(NS(C)(=O)=O)CC3)nc2c1. The Morgan fingerprint density at radius 2 is 1.88 bits per heavy atom. The summed E-state index contributed by atoms with van der Waals surface area (Å²) in [5.41, 5.74) is 3.55. The molecule has 1 aliphatic heterocycles. The first kappa shape index (κ1) is 22.4. The first-order valence-electron chi connectivity index (χ1n) is 10.7. The van der Waals surface area contributed by atoms with Crippen LogP contribution >= 0.6 is 0 Å². The minimum atomic E-state index is -3.21. The van der Waals surface area contributed by atoms with E-state index < -0.39 is 10.0 Å². The number of H-pyrrole nitrogens is 1. The van der Waals surface area contributed by atoms with Crippen LogP contribution in [0.5, 0.6) is 0 Å². The standard InChI is InChI=1S/C23H29N5O3S/c1-23(2,3)15-12-18(17-6-5-9-24-22(17)29)21-19(13-15)26-20(14-25-21)28-10-7-16(8-11-28)27-32(4,30)31/h5-6,9,12-14,16,27H,7-8,10-11H2,1-4H3,(H,24,29). The summed E-state index contributed by atoms with van der Waals surface area (Å²) in [7, 11) is -3.21. The van der Waals surface area contributed by atoms with Crippen LogP contribution < -0.4 is 15.2 Å². The van der Waals surface area contributed by atoms with Crippen molar-refractivity contribution in [3.05, 3.63) is 52.6 Å². The molecule has 2 N–H and O–H groups in total. The van der Waals surface area contributed by atoms with Gasteiger partial charge in [0.25, 0.3) is 5.56 Å². The molecule has 8 nitrogen and oxygen atoms in total. The summed E-state index contributed by atoms with van der Waals surface area (Å²) in [6.45, 7) is 7.77. The monoisotopic (exact) mass is 455 g/mol. The van der Waals surface area contributed by atoms with Crippen LogP contribution in [-0.2, 0) is 15.4 Å². The number of rotatable bonds is 4. The molecule has 0 amide bonds. The maximum absolute atomic E-state index is 12.5. The molecule has 0 bridgehead atoms. The Morgan fingerprint density at radius 3 is 2.50 bits per heavy atom. The molecule has 3 aromatic rings. The number of aromatic nitrogens is 3. The van der Waals surface area contributed by atoms with Crippen molar-refractivity contribution in [2.75, 3.05) is 24.2 Å². The molecule has 9 heteroatoms. The second-order valence-corrected chi connectivity index (χ2v) is 11.2. The summed E-state index contributed by atoms with van der Waals surface area (Å²) in [6.07, 6.45) is 5.97. The third kappa shape index (κ3) is 4.83. The van der Waals surface area contributed by atoms with Crippen molar-refractivity contribution in [2.24, 2.45) is 0 Å². The zero-order valence-corrected chi connectivity index (χ0v) is 19.7. The fourth-order valence-electron chi connectivity index (χ4n) is 4.07. The first-order chi connectivity index (χ1) is 15.0. The van der Waals surface area contributed by atoms with Crippen molar-refractivity contribution in [2.45, 2.75) is 45.1 Å². The number of fused-ring (bicyclic) bond motifs is 1. The summed E-state index contributed by atoms with van der Waals surface area (Å²) in [5.74, 6) is 0.759. The fraction of sp³-hybridized carbons (Fsp3) is 0.435. The number of anilines is 1. The summed E-state index contributed by atoms with van der Waals surface area (Å²) < 4.78 is 25.7. The van der Waals surface area contributed by atoms with Gasteiger partial charge in [-0.1, -0.05) is 20.8 Å². The molecule has 4 rings (SSSR count). The van der Waals surface area contributed by atoms with E-state index in [1.54, 1.807) is 18.5 Å². The lowest BCUT2D eigenvalue weighted by atomic mass is 9.85. The van der Waals surface area contributed by atoms with Crippen LogP contribution in [0, 0.1) is 0 Å². The van der Waals surface area contributed by atoms with Gasteiger partial charge in [-0.3, -0.25) is 9.78 Å². The molecule has 1 saturated heterocycles. The summed E-state index contributed by atoms with van der Waals surface area (Å²) in [6, 6.07) is 7.63. The molecule has 1 aliphatic rings. The fourth-order valence-corrected chi connectivity index (χ4v) is 4.91. The van der Waals surface area contributed by atoms with Gasteiger partial charge in [0.05, 0.1) is 23.5 Å². The molecule has 2 aromatic heterocycles. The highest BCUT2D eigenvalue weighted by Gasteiger charge is 2.24. The summed E-state index contributed by atoms with van der Waals surface area (Å²) in [4.78, 5) is 27.0. The molecular weight excluding hydrogens is 426 g/mol. The predicted octanol–water partition coefficient (Wildman–Crippen LogP) is 2.80. The molecule has 0 radical (unpaired) electrons. The topological polar surface area (TPSA) is 108 Å². The maximum atomic E-state index is 12.5. The van der Waals surface area contributed by atoms with Gasteiger partial charge in [0.1, 0.15) is 5.82 Å². The van der Waals surface area contributed by atoms with Crippen molar-refractivity contribution in [1.29, 1.82) is 0 Å². The van der Waals surface area contributed by atoms with Crippen molar-refractivity contribution in [3.63, 3.8) is 0 Å². The van der Waals surface area contributed by atoms with E-state index in [9.17, 15) is 13.2 Å². The van der Waals surface area contributed by atoms with Gasteiger partial charge in [-0.05, 0) is 48.1 Å². The molecule has 0 unspecified atom stereocenters. The Labute approximate surface area is 188 Å². The van der Waals surface area contributed by atoms with Crippen LogP contribution in [0.2, 0.25) is 0 Å². The highest BCUT2D eigenvalue weighted by molar-refractivity contribution is 7.88. The number of hydrogen-bond acceptors (Lipinski definition) is 6. The van der Waals surface area contributed by atoms with Crippen LogP contribution in [0.1, 0.15) is 39.2 Å². The van der Waals surface area contributed by atoms with Gasteiger partial charge in [0, 0.05) is 36.5 Å². The zero-order chi connectivity index (χ0) is 23.1. The Hall–Kier alpha value is -2.78. The number of benzene rings is 1. The zero-order valence-electron chi connectivity index (χ0n) is 18.8. The van der Waals surface area contributed by atoms with Crippen molar-refractivity contribution >= 4 is 26.9 Å². The van der Waals surface area contributed by atoms with E-state index in [0.29, 0.717) is 37.0 Å². The molecular formula is C23H29N5O3S. The molecule has 170 valence electrons. The van der Waals surface area contributed by atoms with E-state index in [2.05, 4.69) is 35.4 Å². The number of hydrogen-bond donors (Lipinski definition) is 2. The van der Waals surface area contributed by atoms with Gasteiger partial charge >= 0.3 is 0 Å². The Balaban J connectivity index is 1.73. The highest BCUT2D eigenvalue weighted by Crippen LogP contribution is 2.33. The van der Waals surface area contributed by atoms with Crippen LogP contribution in [0.15, 0.2) is 41.5 Å². The van der Waals surface area contributed by atoms with E-state index in [4.69, 9.17) is 9.97 Å². The normalized spacial score (nSPS) is 15.9. The quantitative estimate of drug-likeness (QED) is 0.626. The summed E-state index contributed by atoms with van der Waals surface area (Å²) >= 11 is 0. The van der Waals surface area contributed by atoms with E-state index >= 15 is 0 Å². The predicted molar refractivity (Wildman–Crippen MR) is 128 cm³/mol. The third-order valence-corrected chi connectivity index (χ3v) is 6.57. The minimum Gasteiger partial charge on any atom is -0.355 e. The van der Waals surface area contributed by atoms with E-state index in [1.165, 1.54) is 6.26 Å². The highest BCUT2D eigenvalue weighted by atomic mass is 32.2. The van der Waals surface area contributed by atoms with Gasteiger partial charge in [0.2, 0.25) is 10.0 Å². The number of nitrogens with zero attached hydrogens (tertiary/aromatic N) is 3. The van der Waals surface area contributed by atoms with E-state index in [-0.39, 0.29) is 17.0 Å². The smallest absolute Gasteiger partial charge is 0.255 e. The van der Waals surface area contributed by atoms with Crippen LogP contribution in [-0.4, -0.2) is 48.8 Å². The lowest BCUT2D eigenvalue weighted by molar-refractivity contribution is 0.460. The van der Waals surface area contributed by atoms with Gasteiger partial charge in [0.15, 0.2) is 0 Å². The molecule has 0 aliphatic carbocycles. The van der Waals surface area contributed by atoms with Gasteiger partial charge in [-0.25, -0.2) is 18.1 Å². The molecule has 0 spiro atoms.